The summed E-state index contributed by atoms with van der Waals surface area (Å²) in [6.45, 7) is 2.64. The largest absolute Gasteiger partial charge is 0.490 e. The number of rotatable bonds is 6. The molecule has 0 heterocycles. The van der Waals surface area contributed by atoms with E-state index < -0.39 is 5.97 Å². The highest BCUT2D eigenvalue weighted by Gasteiger charge is 2.16. The van der Waals surface area contributed by atoms with Gasteiger partial charge in [-0.3, -0.25) is 0 Å². The summed E-state index contributed by atoms with van der Waals surface area (Å²) in [6.07, 6.45) is 0. The molecular weight excluding hydrogens is 431 g/mol. The van der Waals surface area contributed by atoms with Crippen molar-refractivity contribution in [3.63, 3.8) is 0 Å². The van der Waals surface area contributed by atoms with E-state index >= 15 is 0 Å². The van der Waals surface area contributed by atoms with Crippen LogP contribution < -0.4 is 9.47 Å². The second kappa shape index (κ2) is 8.40. The molecule has 0 spiro atoms. The van der Waals surface area contributed by atoms with Gasteiger partial charge in [0.05, 0.1) is 22.9 Å². The number of esters is 1. The molecular formula is C17H16ClIO4. The van der Waals surface area contributed by atoms with Gasteiger partial charge in [0.1, 0.15) is 6.61 Å². The second-order valence-corrected chi connectivity index (χ2v) is 6.16. The van der Waals surface area contributed by atoms with E-state index in [1.165, 1.54) is 7.11 Å². The number of methoxy groups -OCH3 is 1. The van der Waals surface area contributed by atoms with Gasteiger partial charge < -0.3 is 14.2 Å². The molecule has 0 fully saturated rings. The lowest BCUT2D eigenvalue weighted by atomic mass is 10.2. The van der Waals surface area contributed by atoms with Crippen molar-refractivity contribution in [3.05, 3.63) is 56.1 Å². The fourth-order valence-corrected chi connectivity index (χ4v) is 2.92. The Balaban J connectivity index is 2.29. The summed E-state index contributed by atoms with van der Waals surface area (Å²) in [5, 5.41) is 0.645. The maximum absolute atomic E-state index is 11.7. The summed E-state index contributed by atoms with van der Waals surface area (Å²) >= 11 is 8.25. The number of benzene rings is 2. The van der Waals surface area contributed by atoms with Crippen molar-refractivity contribution in [1.82, 2.24) is 0 Å². The molecule has 0 aromatic heterocycles. The number of ether oxygens (including phenoxy) is 3. The van der Waals surface area contributed by atoms with Gasteiger partial charge in [0, 0.05) is 10.6 Å². The Labute approximate surface area is 153 Å². The van der Waals surface area contributed by atoms with Crippen molar-refractivity contribution in [2.24, 2.45) is 0 Å². The highest BCUT2D eigenvalue weighted by Crippen LogP contribution is 2.35. The first-order valence-corrected chi connectivity index (χ1v) is 8.43. The molecule has 0 bridgehead atoms. The minimum absolute atomic E-state index is 0.313. The maximum Gasteiger partial charge on any atom is 0.338 e. The average Bonchev–Trinajstić information content (AvgIpc) is 2.55. The minimum atomic E-state index is -0.415. The molecule has 0 unspecified atom stereocenters. The molecule has 0 radical (unpaired) electrons. The highest BCUT2D eigenvalue weighted by atomic mass is 127. The fraction of sp³-hybridized carbons (Fsp3) is 0.235. The van der Waals surface area contributed by atoms with Crippen molar-refractivity contribution in [1.29, 1.82) is 0 Å². The van der Waals surface area contributed by atoms with Crippen LogP contribution in [-0.4, -0.2) is 19.7 Å². The smallest absolute Gasteiger partial charge is 0.338 e. The number of hydrogen-bond acceptors (Lipinski definition) is 4. The second-order valence-electron chi connectivity index (χ2n) is 4.59. The fourth-order valence-electron chi connectivity index (χ4n) is 1.97. The molecule has 2 rings (SSSR count). The van der Waals surface area contributed by atoms with Crippen LogP contribution in [0.1, 0.15) is 22.8 Å². The summed E-state index contributed by atoms with van der Waals surface area (Å²) in [4.78, 5) is 11.7. The molecule has 0 atom stereocenters. The summed E-state index contributed by atoms with van der Waals surface area (Å²) in [5.74, 6) is 0.674. The SMILES string of the molecule is CCOc1cc(C(=O)OC)cc(I)c1OCc1ccccc1Cl. The summed E-state index contributed by atoms with van der Waals surface area (Å²) < 4.78 is 17.0. The standard InChI is InChI=1S/C17H16ClIO4/c1-3-22-15-9-12(17(20)21-2)8-14(19)16(15)23-10-11-6-4-5-7-13(11)18/h4-9H,3,10H2,1-2H3. The molecule has 2 aromatic rings. The molecule has 122 valence electrons. The van der Waals surface area contributed by atoms with Gasteiger partial charge in [-0.05, 0) is 47.7 Å². The zero-order chi connectivity index (χ0) is 16.8. The van der Waals surface area contributed by atoms with E-state index in [1.807, 2.05) is 31.2 Å². The third-order valence-corrected chi connectivity index (χ3v) is 4.23. The van der Waals surface area contributed by atoms with Gasteiger partial charge in [-0.1, -0.05) is 29.8 Å². The molecule has 0 N–H and O–H groups in total. The predicted octanol–water partition coefficient (Wildman–Crippen LogP) is 4.71. The van der Waals surface area contributed by atoms with E-state index in [0.717, 1.165) is 9.13 Å². The van der Waals surface area contributed by atoms with Gasteiger partial charge in [0.25, 0.3) is 0 Å². The first-order chi connectivity index (χ1) is 11.1. The van der Waals surface area contributed by atoms with Crippen LogP contribution in [-0.2, 0) is 11.3 Å². The van der Waals surface area contributed by atoms with E-state index in [2.05, 4.69) is 22.6 Å². The first kappa shape index (κ1) is 17.9. The van der Waals surface area contributed by atoms with Crippen LogP contribution in [0.3, 0.4) is 0 Å². The third-order valence-electron chi connectivity index (χ3n) is 3.06. The van der Waals surface area contributed by atoms with Crippen LogP contribution in [0.2, 0.25) is 5.02 Å². The lowest BCUT2D eigenvalue weighted by Gasteiger charge is -2.15. The van der Waals surface area contributed by atoms with Gasteiger partial charge >= 0.3 is 5.97 Å². The van der Waals surface area contributed by atoms with Gasteiger partial charge in [-0.2, -0.15) is 0 Å². The lowest BCUT2D eigenvalue weighted by Crippen LogP contribution is -2.06. The Morgan fingerprint density at radius 3 is 2.61 bits per heavy atom. The quantitative estimate of drug-likeness (QED) is 0.476. The van der Waals surface area contributed by atoms with E-state index in [0.29, 0.717) is 35.3 Å². The van der Waals surface area contributed by atoms with Crippen molar-refractivity contribution >= 4 is 40.2 Å². The van der Waals surface area contributed by atoms with Gasteiger partial charge in [0.2, 0.25) is 0 Å². The van der Waals surface area contributed by atoms with Crippen LogP contribution in [0.15, 0.2) is 36.4 Å². The van der Waals surface area contributed by atoms with Crippen LogP contribution in [0.4, 0.5) is 0 Å². The summed E-state index contributed by atoms with van der Waals surface area (Å²) in [5.41, 5.74) is 1.30. The number of carbonyl (C=O) groups excluding carboxylic acids is 1. The Morgan fingerprint density at radius 1 is 1.22 bits per heavy atom. The predicted molar refractivity (Wildman–Crippen MR) is 97.5 cm³/mol. The van der Waals surface area contributed by atoms with E-state index in [1.54, 1.807) is 12.1 Å². The molecule has 0 aliphatic carbocycles. The zero-order valence-corrected chi connectivity index (χ0v) is 15.7. The molecule has 0 saturated carbocycles. The van der Waals surface area contributed by atoms with Crippen molar-refractivity contribution in [2.75, 3.05) is 13.7 Å². The summed E-state index contributed by atoms with van der Waals surface area (Å²) in [7, 11) is 1.34. The highest BCUT2D eigenvalue weighted by molar-refractivity contribution is 14.1. The molecule has 4 nitrogen and oxygen atoms in total. The van der Waals surface area contributed by atoms with Gasteiger partial charge in [-0.25, -0.2) is 4.79 Å². The Bertz CT molecular complexity index is 703. The normalized spacial score (nSPS) is 10.3. The van der Waals surface area contributed by atoms with Gasteiger partial charge in [0.15, 0.2) is 11.5 Å². The van der Waals surface area contributed by atoms with Crippen LogP contribution in [0.5, 0.6) is 11.5 Å². The Hall–Kier alpha value is -1.47. The first-order valence-electron chi connectivity index (χ1n) is 6.97. The van der Waals surface area contributed by atoms with Crippen molar-refractivity contribution in [2.45, 2.75) is 13.5 Å². The molecule has 0 saturated heterocycles. The molecule has 23 heavy (non-hydrogen) atoms. The van der Waals surface area contributed by atoms with E-state index in [4.69, 9.17) is 25.8 Å². The number of hydrogen-bond donors (Lipinski definition) is 0. The van der Waals surface area contributed by atoms with Gasteiger partial charge in [-0.15, -0.1) is 0 Å². The molecule has 6 heteroatoms. The lowest BCUT2D eigenvalue weighted by molar-refractivity contribution is 0.0600. The Morgan fingerprint density at radius 2 is 1.96 bits per heavy atom. The van der Waals surface area contributed by atoms with Crippen LogP contribution in [0, 0.1) is 3.57 Å². The average molecular weight is 447 g/mol. The number of carbonyl (C=O) groups is 1. The minimum Gasteiger partial charge on any atom is -0.490 e. The maximum atomic E-state index is 11.7. The molecule has 0 aliphatic rings. The number of halogens is 2. The topological polar surface area (TPSA) is 44.8 Å². The van der Waals surface area contributed by atoms with E-state index in [9.17, 15) is 4.79 Å². The summed E-state index contributed by atoms with van der Waals surface area (Å²) in [6, 6.07) is 10.8. The van der Waals surface area contributed by atoms with Crippen LogP contribution in [0.25, 0.3) is 0 Å². The van der Waals surface area contributed by atoms with E-state index in [-0.39, 0.29) is 0 Å². The van der Waals surface area contributed by atoms with Crippen molar-refractivity contribution in [3.8, 4) is 11.5 Å². The third kappa shape index (κ3) is 4.51. The Kier molecular flexibility index (Phi) is 6.53. The van der Waals surface area contributed by atoms with Crippen molar-refractivity contribution < 1.29 is 19.0 Å². The molecule has 0 amide bonds. The zero-order valence-electron chi connectivity index (χ0n) is 12.8. The molecule has 0 aliphatic heterocycles. The van der Waals surface area contributed by atoms with Crippen LogP contribution >= 0.6 is 34.2 Å². The monoisotopic (exact) mass is 446 g/mol. The molecule has 2 aromatic carbocycles.